The summed E-state index contributed by atoms with van der Waals surface area (Å²) in [6.07, 6.45) is 8.03. The Morgan fingerprint density at radius 2 is 1.62 bits per heavy atom. The van der Waals surface area contributed by atoms with Crippen molar-refractivity contribution in [2.75, 3.05) is 26.4 Å². The van der Waals surface area contributed by atoms with Crippen LogP contribution < -0.4 is 5.11 Å². The molecule has 0 amide bonds. The highest BCUT2D eigenvalue weighted by Gasteiger charge is 2.07. The van der Waals surface area contributed by atoms with Crippen molar-refractivity contribution in [2.45, 2.75) is 64.7 Å². The van der Waals surface area contributed by atoms with Crippen molar-refractivity contribution in [3.63, 3.8) is 0 Å². The van der Waals surface area contributed by atoms with Gasteiger partial charge >= 0.3 is 0 Å². The summed E-state index contributed by atoms with van der Waals surface area (Å²) in [4.78, 5) is 2.01. The van der Waals surface area contributed by atoms with Gasteiger partial charge in [0, 0.05) is 0 Å². The van der Waals surface area contributed by atoms with E-state index < -0.39 is 15.9 Å². The first-order valence-electron chi connectivity index (χ1n) is 8.00. The van der Waals surface area contributed by atoms with Gasteiger partial charge in [-0.1, -0.05) is 39.0 Å². The number of sulfonamides is 1. The fourth-order valence-corrected chi connectivity index (χ4v) is 3.08. The van der Waals surface area contributed by atoms with Crippen LogP contribution in [0, 0.1) is 0 Å². The fraction of sp³-hybridized carbons (Fsp3) is 0.933. The van der Waals surface area contributed by atoms with E-state index in [1.165, 1.54) is 19.3 Å². The number of hydrogen-bond acceptors (Lipinski definition) is 4. The van der Waals surface area contributed by atoms with Gasteiger partial charge < -0.3 is 10.0 Å². The number of hydrogen-bond donors (Lipinski definition) is 0. The predicted molar refractivity (Wildman–Crippen MR) is 87.0 cm³/mol. The summed E-state index contributed by atoms with van der Waals surface area (Å²) in [5.74, 6) is -0.513. The van der Waals surface area contributed by atoms with Crippen LogP contribution in [0.2, 0.25) is 0 Å². The van der Waals surface area contributed by atoms with Gasteiger partial charge in [-0.2, -0.15) is 4.40 Å². The molecule has 5 nitrogen and oxygen atoms in total. The monoisotopic (exact) mass is 319 g/mol. The molecule has 0 rings (SSSR count). The fourth-order valence-electron chi connectivity index (χ4n) is 2.02. The van der Waals surface area contributed by atoms with Gasteiger partial charge in [-0.15, -0.1) is 0 Å². The van der Waals surface area contributed by atoms with Gasteiger partial charge in [0.15, 0.2) is 0 Å². The Bertz CT molecular complexity index is 378. The summed E-state index contributed by atoms with van der Waals surface area (Å²) < 4.78 is 26.7. The lowest BCUT2D eigenvalue weighted by molar-refractivity contribution is -0.218. The molecular formula is C15H31N2O3S-. The van der Waals surface area contributed by atoms with Crippen molar-refractivity contribution >= 4 is 15.9 Å². The van der Waals surface area contributed by atoms with Crippen LogP contribution in [-0.4, -0.2) is 45.6 Å². The van der Waals surface area contributed by atoms with Gasteiger partial charge in [-0.25, -0.2) is 8.42 Å². The quantitative estimate of drug-likeness (QED) is 0.296. The van der Waals surface area contributed by atoms with E-state index in [0.717, 1.165) is 32.2 Å². The van der Waals surface area contributed by atoms with E-state index in [0.29, 0.717) is 6.42 Å². The minimum atomic E-state index is -3.57. The van der Waals surface area contributed by atoms with Gasteiger partial charge in [0.1, 0.15) is 0 Å². The molecule has 0 aromatic carbocycles. The zero-order chi connectivity index (χ0) is 16.1. The largest absolute Gasteiger partial charge is 0.861 e. The Hall–Kier alpha value is -0.620. The summed E-state index contributed by atoms with van der Waals surface area (Å²) in [5.41, 5.74) is 0. The van der Waals surface area contributed by atoms with Crippen molar-refractivity contribution in [3.05, 3.63) is 0 Å². The van der Waals surface area contributed by atoms with Gasteiger partial charge in [0.05, 0.1) is 5.75 Å². The Kier molecular flexibility index (Phi) is 11.6. The molecule has 0 fully saturated rings. The zero-order valence-electron chi connectivity index (χ0n) is 13.8. The second-order valence-corrected chi connectivity index (χ2v) is 7.55. The average Bonchev–Trinajstić information content (AvgIpc) is 2.38. The van der Waals surface area contributed by atoms with E-state index in [4.69, 9.17) is 0 Å². The molecule has 0 atom stereocenters. The molecule has 0 saturated heterocycles. The first-order chi connectivity index (χ1) is 9.87. The minimum absolute atomic E-state index is 0.0247. The molecule has 0 saturated carbocycles. The minimum Gasteiger partial charge on any atom is -0.861 e. The molecule has 0 aliphatic carbocycles. The molecule has 0 aliphatic rings. The third-order valence-corrected chi connectivity index (χ3v) is 4.53. The lowest BCUT2D eigenvalue weighted by atomic mass is 10.1. The summed E-state index contributed by atoms with van der Waals surface area (Å²) in [7, 11) is 0.322. The molecule has 0 aromatic heterocycles. The van der Waals surface area contributed by atoms with Crippen LogP contribution in [0.3, 0.4) is 0 Å². The van der Waals surface area contributed by atoms with E-state index in [1.807, 2.05) is 19.0 Å². The first-order valence-corrected chi connectivity index (χ1v) is 9.61. The van der Waals surface area contributed by atoms with Crippen LogP contribution in [0.25, 0.3) is 0 Å². The maximum absolute atomic E-state index is 11.7. The second-order valence-electron chi connectivity index (χ2n) is 5.80. The van der Waals surface area contributed by atoms with E-state index in [1.54, 1.807) is 0 Å². The predicted octanol–water partition coefficient (Wildman–Crippen LogP) is 2.17. The molecule has 126 valence electrons. The smallest absolute Gasteiger partial charge is 0.252 e. The van der Waals surface area contributed by atoms with Crippen LogP contribution in [-0.2, 0) is 10.0 Å². The van der Waals surface area contributed by atoms with Gasteiger partial charge in [0.2, 0.25) is 0 Å². The van der Waals surface area contributed by atoms with Crippen molar-refractivity contribution in [1.29, 1.82) is 0 Å². The SMILES string of the molecule is CCCCCCCC/C([O-])=N/S(=O)(=O)CCCCN(C)C. The van der Waals surface area contributed by atoms with Crippen LogP contribution in [0.15, 0.2) is 4.40 Å². The zero-order valence-corrected chi connectivity index (χ0v) is 14.6. The molecule has 0 unspecified atom stereocenters. The Labute approximate surface area is 130 Å². The molecular weight excluding hydrogens is 288 g/mol. The summed E-state index contributed by atoms with van der Waals surface area (Å²) in [5, 5.41) is 11.5. The topological polar surface area (TPSA) is 72.8 Å². The third-order valence-electron chi connectivity index (χ3n) is 3.24. The van der Waals surface area contributed by atoms with Gasteiger partial charge in [-0.3, -0.25) is 0 Å². The van der Waals surface area contributed by atoms with Gasteiger partial charge in [-0.05, 0) is 52.2 Å². The van der Waals surface area contributed by atoms with Crippen LogP contribution in [0.5, 0.6) is 0 Å². The van der Waals surface area contributed by atoms with Crippen molar-refractivity contribution in [2.24, 2.45) is 4.40 Å². The average molecular weight is 319 g/mol. The number of rotatable bonds is 13. The number of nitrogens with zero attached hydrogens (tertiary/aromatic N) is 2. The second kappa shape index (κ2) is 12.0. The Balaban J connectivity index is 3.88. The molecule has 0 radical (unpaired) electrons. The Morgan fingerprint density at radius 1 is 1.00 bits per heavy atom. The maximum Gasteiger partial charge on any atom is 0.252 e. The van der Waals surface area contributed by atoms with Crippen LogP contribution >= 0.6 is 0 Å². The lowest BCUT2D eigenvalue weighted by Crippen LogP contribution is -2.20. The normalized spacial score (nSPS) is 13.0. The standard InChI is InChI=1S/C15H32N2O3S/c1-4-5-6-7-8-9-12-15(18)16-21(19,20)14-11-10-13-17(2)3/h4-14H2,1-3H3,(H,16,18)/p-1. The van der Waals surface area contributed by atoms with Crippen LogP contribution in [0.4, 0.5) is 0 Å². The Morgan fingerprint density at radius 3 is 2.24 bits per heavy atom. The van der Waals surface area contributed by atoms with Crippen molar-refractivity contribution in [1.82, 2.24) is 4.90 Å². The molecule has 0 bridgehead atoms. The van der Waals surface area contributed by atoms with Gasteiger partial charge in [0.25, 0.3) is 10.0 Å². The molecule has 6 heteroatoms. The van der Waals surface area contributed by atoms with Crippen LogP contribution in [0.1, 0.15) is 64.7 Å². The highest BCUT2D eigenvalue weighted by atomic mass is 32.2. The summed E-state index contributed by atoms with van der Waals surface area (Å²) >= 11 is 0. The molecule has 0 N–H and O–H groups in total. The van der Waals surface area contributed by atoms with E-state index in [-0.39, 0.29) is 12.2 Å². The molecule has 0 aromatic rings. The van der Waals surface area contributed by atoms with E-state index in [9.17, 15) is 13.5 Å². The van der Waals surface area contributed by atoms with E-state index in [2.05, 4.69) is 11.3 Å². The highest BCUT2D eigenvalue weighted by Crippen LogP contribution is 2.07. The maximum atomic E-state index is 11.7. The summed E-state index contributed by atoms with van der Waals surface area (Å²) in [6, 6.07) is 0. The molecule has 21 heavy (non-hydrogen) atoms. The molecule has 0 spiro atoms. The van der Waals surface area contributed by atoms with Crippen molar-refractivity contribution in [3.8, 4) is 0 Å². The summed E-state index contributed by atoms with van der Waals surface area (Å²) in [6.45, 7) is 3.01. The highest BCUT2D eigenvalue weighted by molar-refractivity contribution is 7.90. The lowest BCUT2D eigenvalue weighted by Gasteiger charge is -2.11. The first kappa shape index (κ1) is 20.4. The molecule has 0 aliphatic heterocycles. The van der Waals surface area contributed by atoms with E-state index >= 15 is 0 Å². The van der Waals surface area contributed by atoms with Crippen molar-refractivity contribution < 1.29 is 13.5 Å². The number of unbranched alkanes of at least 4 members (excludes halogenated alkanes) is 6. The third kappa shape index (κ3) is 14.1. The molecule has 0 heterocycles.